The van der Waals surface area contributed by atoms with Gasteiger partial charge in [0.15, 0.2) is 5.41 Å². The second-order valence-electron chi connectivity index (χ2n) is 4.96. The van der Waals surface area contributed by atoms with E-state index in [9.17, 15) is 39.0 Å². The molecule has 4 N–H and O–H groups in total. The van der Waals surface area contributed by atoms with Crippen molar-refractivity contribution in [2.75, 3.05) is 0 Å². The third kappa shape index (κ3) is 2.32. The zero-order valence-electron chi connectivity index (χ0n) is 10.9. The molecule has 0 aliphatic heterocycles. The van der Waals surface area contributed by atoms with Gasteiger partial charge in [0.2, 0.25) is 0 Å². The fourth-order valence-electron chi connectivity index (χ4n) is 2.99. The maximum atomic E-state index is 11.5. The van der Waals surface area contributed by atoms with Gasteiger partial charge in [0, 0.05) is 5.92 Å². The second kappa shape index (κ2) is 5.92. The molecule has 10 nitrogen and oxygen atoms in total. The molecule has 5 unspecified atom stereocenters. The molecule has 0 aromatic heterocycles. The molecule has 0 amide bonds. The van der Waals surface area contributed by atoms with Crippen LogP contribution in [0.25, 0.3) is 0 Å². The van der Waals surface area contributed by atoms with Gasteiger partial charge in [-0.1, -0.05) is 0 Å². The molecule has 1 aliphatic rings. The van der Waals surface area contributed by atoms with Gasteiger partial charge in [-0.15, -0.1) is 0 Å². The molecule has 0 bridgehead atoms. The summed E-state index contributed by atoms with van der Waals surface area (Å²) in [5, 5.41) is 36.7. The zero-order valence-corrected chi connectivity index (χ0v) is 10.9. The molecule has 5 atom stereocenters. The highest BCUT2D eigenvalue weighted by molar-refractivity contribution is 6.03. The van der Waals surface area contributed by atoms with Crippen LogP contribution in [0.4, 0.5) is 0 Å². The van der Waals surface area contributed by atoms with Crippen LogP contribution in [0, 0.1) is 29.1 Å². The predicted molar refractivity (Wildman–Crippen MR) is 63.7 cm³/mol. The number of carbonyl (C=O) groups is 6. The van der Waals surface area contributed by atoms with E-state index in [1.807, 2.05) is 0 Å². The molecule has 0 saturated heterocycles. The molecular weight excluding hydrogens is 304 g/mol. The number of hydrogen-bond acceptors (Lipinski definition) is 6. The topological polar surface area (TPSA) is 183 Å². The van der Waals surface area contributed by atoms with Crippen molar-refractivity contribution in [3.8, 4) is 0 Å². The molecule has 1 saturated carbocycles. The van der Waals surface area contributed by atoms with Crippen molar-refractivity contribution >= 4 is 36.4 Å². The Morgan fingerprint density at radius 1 is 0.909 bits per heavy atom. The minimum Gasteiger partial charge on any atom is -0.481 e. The van der Waals surface area contributed by atoms with Crippen LogP contribution in [-0.4, -0.2) is 56.9 Å². The Balaban J connectivity index is 3.70. The van der Waals surface area contributed by atoms with E-state index < -0.39 is 59.4 Å². The van der Waals surface area contributed by atoms with Crippen molar-refractivity contribution in [1.82, 2.24) is 0 Å². The molecule has 120 valence electrons. The van der Waals surface area contributed by atoms with Crippen LogP contribution in [-0.2, 0) is 28.8 Å². The molecule has 0 aromatic rings. The maximum Gasteiger partial charge on any atom is 0.318 e. The smallest absolute Gasteiger partial charge is 0.318 e. The monoisotopic (exact) mass is 316 g/mol. The van der Waals surface area contributed by atoms with Crippen molar-refractivity contribution in [3.05, 3.63) is 0 Å². The maximum absolute atomic E-state index is 11.5. The molecule has 1 fully saturated rings. The van der Waals surface area contributed by atoms with Gasteiger partial charge in [0.05, 0.1) is 17.8 Å². The minimum atomic E-state index is -2.97. The lowest BCUT2D eigenvalue weighted by Gasteiger charge is -2.44. The van der Waals surface area contributed by atoms with Gasteiger partial charge in [-0.2, -0.15) is 0 Å². The van der Waals surface area contributed by atoms with Crippen LogP contribution in [0.5, 0.6) is 0 Å². The minimum absolute atomic E-state index is 0.0707. The van der Waals surface area contributed by atoms with Crippen molar-refractivity contribution in [1.29, 1.82) is 0 Å². The number of aliphatic carboxylic acids is 4. The summed E-state index contributed by atoms with van der Waals surface area (Å²) in [5.74, 6) is -15.6. The average molecular weight is 316 g/mol. The largest absolute Gasteiger partial charge is 0.481 e. The lowest BCUT2D eigenvalue weighted by atomic mass is 9.53. The van der Waals surface area contributed by atoms with E-state index in [0.717, 1.165) is 0 Å². The van der Waals surface area contributed by atoms with Gasteiger partial charge >= 0.3 is 23.9 Å². The van der Waals surface area contributed by atoms with Crippen LogP contribution < -0.4 is 0 Å². The number of rotatable bonds is 6. The normalized spacial score (nSPS) is 34.4. The van der Waals surface area contributed by atoms with Crippen LogP contribution in [0.3, 0.4) is 0 Å². The van der Waals surface area contributed by atoms with E-state index in [0.29, 0.717) is 0 Å². The summed E-state index contributed by atoms with van der Waals surface area (Å²) in [7, 11) is 0. The van der Waals surface area contributed by atoms with Crippen molar-refractivity contribution < 1.29 is 49.2 Å². The molecule has 0 spiro atoms. The van der Waals surface area contributed by atoms with E-state index >= 15 is 0 Å². The van der Waals surface area contributed by atoms with Gasteiger partial charge < -0.3 is 30.0 Å². The summed E-state index contributed by atoms with van der Waals surface area (Å²) in [6, 6.07) is 0. The van der Waals surface area contributed by atoms with E-state index in [4.69, 9.17) is 10.2 Å². The third-order valence-corrected chi connectivity index (χ3v) is 4.01. The molecular formula is C12H12O10. The quantitative estimate of drug-likeness (QED) is 0.335. The summed E-state index contributed by atoms with van der Waals surface area (Å²) in [5.41, 5.74) is -2.97. The molecule has 0 heterocycles. The first kappa shape index (κ1) is 17.3. The van der Waals surface area contributed by atoms with Gasteiger partial charge in [-0.05, 0) is 6.42 Å². The highest BCUT2D eigenvalue weighted by Crippen LogP contribution is 2.50. The van der Waals surface area contributed by atoms with Gasteiger partial charge in [0.25, 0.3) is 0 Å². The predicted octanol–water partition coefficient (Wildman–Crippen LogP) is -1.42. The Morgan fingerprint density at radius 3 is 1.73 bits per heavy atom. The summed E-state index contributed by atoms with van der Waals surface area (Å²) in [4.78, 5) is 67.7. The second-order valence-corrected chi connectivity index (χ2v) is 4.96. The summed E-state index contributed by atoms with van der Waals surface area (Å²) in [6.07, 6.45) is -1.05. The molecule has 0 radical (unpaired) electrons. The average Bonchev–Trinajstić information content (AvgIpc) is 2.43. The first-order valence-electron chi connectivity index (χ1n) is 5.98. The number of carboxylic acid groups (broad SMARTS) is 4. The number of carboxylic acids is 4. The molecule has 10 heteroatoms. The van der Waals surface area contributed by atoms with Crippen LogP contribution >= 0.6 is 0 Å². The first-order chi connectivity index (χ1) is 10.1. The lowest BCUT2D eigenvalue weighted by Crippen LogP contribution is -2.61. The third-order valence-electron chi connectivity index (χ3n) is 4.01. The lowest BCUT2D eigenvalue weighted by molar-refractivity contribution is -0.189. The van der Waals surface area contributed by atoms with Crippen LogP contribution in [0.2, 0.25) is 0 Å². The van der Waals surface area contributed by atoms with E-state index in [1.165, 1.54) is 0 Å². The number of aldehydes is 2. The fourth-order valence-corrected chi connectivity index (χ4v) is 2.99. The zero-order chi connectivity index (χ0) is 17.2. The van der Waals surface area contributed by atoms with Gasteiger partial charge in [-0.25, -0.2) is 0 Å². The van der Waals surface area contributed by atoms with E-state index in [2.05, 4.69) is 0 Å². The molecule has 0 aromatic carbocycles. The van der Waals surface area contributed by atoms with Gasteiger partial charge in [0.1, 0.15) is 12.6 Å². The molecule has 22 heavy (non-hydrogen) atoms. The number of carbonyl (C=O) groups excluding carboxylic acids is 2. The Morgan fingerprint density at radius 2 is 1.45 bits per heavy atom. The number of hydrogen-bond donors (Lipinski definition) is 4. The molecule has 1 aliphatic carbocycles. The fraction of sp³-hybridized carbons (Fsp3) is 0.500. The Kier molecular flexibility index (Phi) is 4.64. The van der Waals surface area contributed by atoms with Crippen molar-refractivity contribution in [2.24, 2.45) is 29.1 Å². The Bertz CT molecular complexity index is 540. The van der Waals surface area contributed by atoms with Crippen molar-refractivity contribution in [3.63, 3.8) is 0 Å². The van der Waals surface area contributed by atoms with Crippen molar-refractivity contribution in [2.45, 2.75) is 6.42 Å². The Hall–Kier alpha value is -2.78. The summed E-state index contributed by atoms with van der Waals surface area (Å²) in [6.45, 7) is 0. The van der Waals surface area contributed by atoms with Crippen LogP contribution in [0.1, 0.15) is 6.42 Å². The van der Waals surface area contributed by atoms with Crippen LogP contribution in [0.15, 0.2) is 0 Å². The first-order valence-corrected chi connectivity index (χ1v) is 5.98. The summed E-state index contributed by atoms with van der Waals surface area (Å²) < 4.78 is 0. The van der Waals surface area contributed by atoms with E-state index in [1.54, 1.807) is 0 Å². The standard InChI is InChI=1S/C12H12O10/c13-2-4-1-5(8(15)16)12(3-14,11(21)22)7(10(19)20)6(4)9(17)18/h2-7H,1H2,(H,15,16)(H,17,18)(H,19,20)(H,21,22). The Labute approximate surface area is 122 Å². The van der Waals surface area contributed by atoms with Gasteiger partial charge in [-0.3, -0.25) is 19.2 Å². The summed E-state index contributed by atoms with van der Waals surface area (Å²) >= 11 is 0. The highest BCUT2D eigenvalue weighted by atomic mass is 16.4. The van der Waals surface area contributed by atoms with E-state index in [-0.39, 0.29) is 12.6 Å². The highest BCUT2D eigenvalue weighted by Gasteiger charge is 2.66. The molecule has 1 rings (SSSR count). The SMILES string of the molecule is O=CC1CC(C(=O)O)C(C=O)(C(=O)O)C(C(=O)O)C1C(=O)O.